The Bertz CT molecular complexity index is 684. The summed E-state index contributed by atoms with van der Waals surface area (Å²) in [4.78, 5) is 16.2. The highest BCUT2D eigenvalue weighted by Gasteiger charge is 2.09. The third-order valence-electron chi connectivity index (χ3n) is 3.30. The molecule has 122 valence electrons. The number of carbonyl (C=O) groups excluding carboxylic acids is 1. The van der Waals surface area contributed by atoms with Crippen LogP contribution in [0.25, 0.3) is 0 Å². The topological polar surface area (TPSA) is 63.2 Å². The molecule has 0 unspecified atom stereocenters. The largest absolute Gasteiger partial charge is 0.495 e. The number of anilines is 2. The molecule has 23 heavy (non-hydrogen) atoms. The maximum atomic E-state index is 12.1. The quantitative estimate of drug-likeness (QED) is 0.856. The van der Waals surface area contributed by atoms with Crippen LogP contribution < -0.4 is 15.4 Å². The van der Waals surface area contributed by atoms with Crippen LogP contribution in [-0.2, 0) is 0 Å². The summed E-state index contributed by atoms with van der Waals surface area (Å²) < 4.78 is 5.36. The molecule has 0 atom stereocenters. The van der Waals surface area contributed by atoms with Gasteiger partial charge in [0, 0.05) is 18.4 Å². The first-order valence-electron chi connectivity index (χ1n) is 7.65. The number of hydrogen-bond acceptors (Lipinski definition) is 4. The normalized spacial score (nSPS) is 10.5. The van der Waals surface area contributed by atoms with E-state index >= 15 is 0 Å². The van der Waals surface area contributed by atoms with Crippen molar-refractivity contribution >= 4 is 17.3 Å². The Morgan fingerprint density at radius 1 is 1.26 bits per heavy atom. The Morgan fingerprint density at radius 2 is 2.04 bits per heavy atom. The highest BCUT2D eigenvalue weighted by molar-refractivity contribution is 5.93. The highest BCUT2D eigenvalue weighted by Crippen LogP contribution is 2.28. The molecule has 2 aromatic rings. The van der Waals surface area contributed by atoms with Gasteiger partial charge < -0.3 is 15.4 Å². The predicted octanol–water partition coefficient (Wildman–Crippen LogP) is 3.53. The maximum absolute atomic E-state index is 12.1. The van der Waals surface area contributed by atoms with Crippen LogP contribution in [0.5, 0.6) is 5.75 Å². The van der Waals surface area contributed by atoms with E-state index in [1.54, 1.807) is 19.4 Å². The summed E-state index contributed by atoms with van der Waals surface area (Å²) in [5, 5.41) is 6.15. The highest BCUT2D eigenvalue weighted by atomic mass is 16.5. The summed E-state index contributed by atoms with van der Waals surface area (Å²) in [5.74, 6) is 0.980. The zero-order chi connectivity index (χ0) is 16.8. The number of aryl methyl sites for hydroxylation is 1. The third-order valence-corrected chi connectivity index (χ3v) is 3.30. The average Bonchev–Trinajstić information content (AvgIpc) is 2.53. The molecule has 0 spiro atoms. The van der Waals surface area contributed by atoms with Gasteiger partial charge in [-0.2, -0.15) is 0 Å². The fraction of sp³-hybridized carbons (Fsp3) is 0.333. The molecule has 2 N–H and O–H groups in total. The maximum Gasteiger partial charge on any atom is 0.269 e. The minimum Gasteiger partial charge on any atom is -0.495 e. The third kappa shape index (κ3) is 4.71. The average molecular weight is 313 g/mol. The second-order valence-electron chi connectivity index (χ2n) is 5.86. The van der Waals surface area contributed by atoms with Crippen LogP contribution in [0.15, 0.2) is 36.5 Å². The number of pyridine rings is 1. The number of hydrogen-bond donors (Lipinski definition) is 2. The minimum absolute atomic E-state index is 0.168. The molecule has 0 aliphatic heterocycles. The van der Waals surface area contributed by atoms with E-state index in [1.807, 2.05) is 31.2 Å². The lowest BCUT2D eigenvalue weighted by Crippen LogP contribution is -2.28. The van der Waals surface area contributed by atoms with Gasteiger partial charge in [-0.05, 0) is 42.7 Å². The molecule has 0 radical (unpaired) electrons. The first-order valence-corrected chi connectivity index (χ1v) is 7.65. The van der Waals surface area contributed by atoms with E-state index in [2.05, 4.69) is 29.5 Å². The molecule has 5 nitrogen and oxygen atoms in total. The van der Waals surface area contributed by atoms with Crippen LogP contribution in [0.4, 0.5) is 11.4 Å². The van der Waals surface area contributed by atoms with Gasteiger partial charge in [-0.25, -0.2) is 0 Å². The van der Waals surface area contributed by atoms with E-state index in [0.29, 0.717) is 18.2 Å². The summed E-state index contributed by atoms with van der Waals surface area (Å²) >= 11 is 0. The molecular weight excluding hydrogens is 290 g/mol. The van der Waals surface area contributed by atoms with Gasteiger partial charge in [0.15, 0.2) is 0 Å². The van der Waals surface area contributed by atoms with Gasteiger partial charge in [0.1, 0.15) is 11.4 Å². The van der Waals surface area contributed by atoms with E-state index in [1.165, 1.54) is 0 Å². The van der Waals surface area contributed by atoms with Gasteiger partial charge >= 0.3 is 0 Å². The van der Waals surface area contributed by atoms with Gasteiger partial charge in [0.2, 0.25) is 0 Å². The number of aromatic nitrogens is 1. The number of amides is 1. The van der Waals surface area contributed by atoms with Gasteiger partial charge in [-0.3, -0.25) is 9.78 Å². The Balaban J connectivity index is 2.17. The fourth-order valence-corrected chi connectivity index (χ4v) is 2.09. The van der Waals surface area contributed by atoms with Gasteiger partial charge in [0.25, 0.3) is 5.91 Å². The van der Waals surface area contributed by atoms with Crippen molar-refractivity contribution in [3.63, 3.8) is 0 Å². The van der Waals surface area contributed by atoms with Crippen LogP contribution in [-0.4, -0.2) is 24.5 Å². The number of nitrogens with zero attached hydrogens (tertiary/aromatic N) is 1. The van der Waals surface area contributed by atoms with E-state index < -0.39 is 0 Å². The van der Waals surface area contributed by atoms with Crippen LogP contribution >= 0.6 is 0 Å². The molecule has 0 fully saturated rings. The van der Waals surface area contributed by atoms with Crippen molar-refractivity contribution in [2.75, 3.05) is 19.0 Å². The first-order chi connectivity index (χ1) is 11.0. The Hall–Kier alpha value is -2.56. The second kappa shape index (κ2) is 7.63. The number of methoxy groups -OCH3 is 1. The Labute approximate surface area is 137 Å². The predicted molar refractivity (Wildman–Crippen MR) is 92.4 cm³/mol. The lowest BCUT2D eigenvalue weighted by atomic mass is 10.2. The number of rotatable bonds is 6. The molecule has 1 aromatic carbocycles. The lowest BCUT2D eigenvalue weighted by molar-refractivity contribution is 0.0944. The Morgan fingerprint density at radius 3 is 2.74 bits per heavy atom. The van der Waals surface area contributed by atoms with E-state index in [0.717, 1.165) is 22.7 Å². The van der Waals surface area contributed by atoms with E-state index in [-0.39, 0.29) is 5.91 Å². The summed E-state index contributed by atoms with van der Waals surface area (Å²) in [7, 11) is 1.63. The molecule has 0 saturated carbocycles. The molecule has 0 bridgehead atoms. The molecule has 5 heteroatoms. The zero-order valence-corrected chi connectivity index (χ0v) is 14.0. The number of ether oxygens (including phenoxy) is 1. The molecule has 0 saturated heterocycles. The monoisotopic (exact) mass is 313 g/mol. The summed E-state index contributed by atoms with van der Waals surface area (Å²) in [5.41, 5.74) is 3.16. The molecule has 0 aliphatic rings. The minimum atomic E-state index is -0.168. The molecule has 1 amide bonds. The van der Waals surface area contributed by atoms with Crippen molar-refractivity contribution in [1.82, 2.24) is 10.3 Å². The molecule has 1 heterocycles. The van der Waals surface area contributed by atoms with Crippen LogP contribution in [0, 0.1) is 12.8 Å². The van der Waals surface area contributed by atoms with E-state index in [4.69, 9.17) is 4.74 Å². The SMILES string of the molecule is COc1ccc(C)cc1Nc1ccnc(C(=O)NCC(C)C)c1. The standard InChI is InChI=1S/C18H23N3O2/c1-12(2)11-20-18(22)16-10-14(7-8-19-16)21-15-9-13(3)5-6-17(15)23-4/h5-10,12H,11H2,1-4H3,(H,19,21)(H,20,22). The molecular formula is C18H23N3O2. The first kappa shape index (κ1) is 16.8. The van der Waals surface area contributed by atoms with Crippen molar-refractivity contribution in [3.8, 4) is 5.75 Å². The fourth-order valence-electron chi connectivity index (χ4n) is 2.09. The molecule has 1 aromatic heterocycles. The summed E-state index contributed by atoms with van der Waals surface area (Å²) in [6.07, 6.45) is 1.62. The zero-order valence-electron chi connectivity index (χ0n) is 14.0. The van der Waals surface area contributed by atoms with Gasteiger partial charge in [-0.15, -0.1) is 0 Å². The van der Waals surface area contributed by atoms with Crippen molar-refractivity contribution < 1.29 is 9.53 Å². The van der Waals surface area contributed by atoms with Crippen molar-refractivity contribution in [2.24, 2.45) is 5.92 Å². The van der Waals surface area contributed by atoms with Crippen molar-refractivity contribution in [2.45, 2.75) is 20.8 Å². The number of benzene rings is 1. The number of nitrogens with one attached hydrogen (secondary N) is 2. The van der Waals surface area contributed by atoms with Gasteiger partial charge in [-0.1, -0.05) is 19.9 Å². The van der Waals surface area contributed by atoms with Crippen LogP contribution in [0.3, 0.4) is 0 Å². The van der Waals surface area contributed by atoms with E-state index in [9.17, 15) is 4.79 Å². The summed E-state index contributed by atoms with van der Waals surface area (Å²) in [6, 6.07) is 9.45. The second-order valence-corrected chi connectivity index (χ2v) is 5.86. The summed E-state index contributed by atoms with van der Waals surface area (Å²) in [6.45, 7) is 6.75. The molecule has 0 aliphatic carbocycles. The van der Waals surface area contributed by atoms with Gasteiger partial charge in [0.05, 0.1) is 12.8 Å². The van der Waals surface area contributed by atoms with Crippen molar-refractivity contribution in [3.05, 3.63) is 47.8 Å². The number of carbonyl (C=O) groups is 1. The Kier molecular flexibility index (Phi) is 5.57. The smallest absolute Gasteiger partial charge is 0.269 e. The van der Waals surface area contributed by atoms with Crippen molar-refractivity contribution in [1.29, 1.82) is 0 Å². The lowest BCUT2D eigenvalue weighted by Gasteiger charge is -2.13. The van der Waals surface area contributed by atoms with Crippen LogP contribution in [0.1, 0.15) is 29.9 Å². The van der Waals surface area contributed by atoms with Crippen LogP contribution in [0.2, 0.25) is 0 Å². The molecule has 2 rings (SSSR count).